The van der Waals surface area contributed by atoms with Crippen molar-refractivity contribution >= 4 is 27.7 Å². The molecule has 0 amide bonds. The van der Waals surface area contributed by atoms with Crippen LogP contribution in [0.4, 0.5) is 0 Å². The first-order chi connectivity index (χ1) is 10.1. The van der Waals surface area contributed by atoms with Gasteiger partial charge in [-0.25, -0.2) is 13.1 Å². The Kier molecular flexibility index (Phi) is 5.88. The molecule has 0 aromatic carbocycles. The monoisotopic (exact) mass is 333 g/mol. The molecule has 118 valence electrons. The SMILES string of the molecule is NC(=NCCNS(=O)(=O)Cc1ccon1)N1CCSCC1. The number of nitrogens with zero attached hydrogens (tertiary/aromatic N) is 3. The van der Waals surface area contributed by atoms with Gasteiger partial charge in [-0.05, 0) is 0 Å². The van der Waals surface area contributed by atoms with Gasteiger partial charge in [0.25, 0.3) is 0 Å². The van der Waals surface area contributed by atoms with Crippen molar-refractivity contribution in [2.75, 3.05) is 37.7 Å². The van der Waals surface area contributed by atoms with E-state index in [2.05, 4.69) is 19.4 Å². The first kappa shape index (κ1) is 16.1. The molecule has 0 aliphatic carbocycles. The van der Waals surface area contributed by atoms with Crippen LogP contribution in [0.2, 0.25) is 0 Å². The van der Waals surface area contributed by atoms with Crippen molar-refractivity contribution in [3.8, 4) is 0 Å². The number of hydrogen-bond acceptors (Lipinski definition) is 6. The quantitative estimate of drug-likeness (QED) is 0.408. The molecule has 0 spiro atoms. The number of guanidine groups is 1. The van der Waals surface area contributed by atoms with E-state index in [0.29, 0.717) is 18.2 Å². The van der Waals surface area contributed by atoms with E-state index in [1.807, 2.05) is 16.7 Å². The molecular formula is C11H19N5O3S2. The summed E-state index contributed by atoms with van der Waals surface area (Å²) in [6, 6.07) is 1.52. The van der Waals surface area contributed by atoms with E-state index in [-0.39, 0.29) is 12.3 Å². The summed E-state index contributed by atoms with van der Waals surface area (Å²) in [6.45, 7) is 2.30. The molecule has 1 fully saturated rings. The van der Waals surface area contributed by atoms with Crippen molar-refractivity contribution in [1.29, 1.82) is 0 Å². The minimum atomic E-state index is -3.43. The van der Waals surface area contributed by atoms with E-state index in [4.69, 9.17) is 5.73 Å². The first-order valence-corrected chi connectivity index (χ1v) is 9.37. The molecule has 1 aromatic heterocycles. The number of aromatic nitrogens is 1. The fourth-order valence-electron chi connectivity index (χ4n) is 1.82. The average molecular weight is 333 g/mol. The molecular weight excluding hydrogens is 314 g/mol. The molecule has 1 saturated heterocycles. The van der Waals surface area contributed by atoms with E-state index in [0.717, 1.165) is 24.6 Å². The van der Waals surface area contributed by atoms with Crippen LogP contribution in [0.3, 0.4) is 0 Å². The number of aliphatic imine (C=N–C) groups is 1. The van der Waals surface area contributed by atoms with Crippen LogP contribution in [-0.2, 0) is 15.8 Å². The molecule has 1 aromatic rings. The van der Waals surface area contributed by atoms with Gasteiger partial charge in [-0.2, -0.15) is 11.8 Å². The number of sulfonamides is 1. The maximum Gasteiger partial charge on any atom is 0.217 e. The molecule has 3 N–H and O–H groups in total. The van der Waals surface area contributed by atoms with Crippen molar-refractivity contribution < 1.29 is 12.9 Å². The highest BCUT2D eigenvalue weighted by Crippen LogP contribution is 2.08. The molecule has 8 nitrogen and oxygen atoms in total. The summed E-state index contributed by atoms with van der Waals surface area (Å²) in [5.41, 5.74) is 6.25. The number of rotatable bonds is 6. The Balaban J connectivity index is 1.73. The van der Waals surface area contributed by atoms with Gasteiger partial charge in [0.15, 0.2) is 5.96 Å². The lowest BCUT2D eigenvalue weighted by atomic mass is 10.5. The summed E-state index contributed by atoms with van der Waals surface area (Å²) in [6.07, 6.45) is 1.34. The van der Waals surface area contributed by atoms with Crippen LogP contribution in [0, 0.1) is 0 Å². The van der Waals surface area contributed by atoms with Crippen molar-refractivity contribution in [2.45, 2.75) is 5.75 Å². The number of thioether (sulfide) groups is 1. The van der Waals surface area contributed by atoms with Crippen LogP contribution >= 0.6 is 11.8 Å². The standard InChI is InChI=1S/C11H19N5O3S2/c12-11(16-4-7-20-8-5-16)13-2-3-14-21(17,18)9-10-1-6-19-15-10/h1,6,14H,2-5,7-9H2,(H2,12,13). The maximum absolute atomic E-state index is 11.8. The number of nitrogens with one attached hydrogen (secondary N) is 1. The van der Waals surface area contributed by atoms with E-state index in [1.54, 1.807) is 0 Å². The number of nitrogens with two attached hydrogens (primary N) is 1. The van der Waals surface area contributed by atoms with Gasteiger partial charge >= 0.3 is 0 Å². The lowest BCUT2D eigenvalue weighted by Gasteiger charge is -2.27. The van der Waals surface area contributed by atoms with E-state index in [9.17, 15) is 8.42 Å². The van der Waals surface area contributed by atoms with Crippen molar-refractivity contribution in [3.63, 3.8) is 0 Å². The van der Waals surface area contributed by atoms with Gasteiger partial charge in [0.2, 0.25) is 10.0 Å². The van der Waals surface area contributed by atoms with Gasteiger partial charge in [-0.15, -0.1) is 0 Å². The van der Waals surface area contributed by atoms with Crippen LogP contribution < -0.4 is 10.5 Å². The normalized spacial score (nSPS) is 17.1. The molecule has 1 aliphatic rings. The molecule has 0 atom stereocenters. The highest BCUT2D eigenvalue weighted by atomic mass is 32.2. The molecule has 10 heteroatoms. The zero-order valence-corrected chi connectivity index (χ0v) is 13.2. The fourth-order valence-corrected chi connectivity index (χ4v) is 3.77. The van der Waals surface area contributed by atoms with Gasteiger partial charge in [0, 0.05) is 37.2 Å². The molecule has 21 heavy (non-hydrogen) atoms. The van der Waals surface area contributed by atoms with Crippen LogP contribution in [0.1, 0.15) is 5.69 Å². The Hall–Kier alpha value is -1.26. The topological polar surface area (TPSA) is 114 Å². The van der Waals surface area contributed by atoms with Crippen molar-refractivity contribution in [2.24, 2.45) is 10.7 Å². The van der Waals surface area contributed by atoms with Crippen molar-refractivity contribution in [3.05, 3.63) is 18.0 Å². The van der Waals surface area contributed by atoms with Crippen LogP contribution in [-0.4, -0.2) is 62.1 Å². The van der Waals surface area contributed by atoms with Gasteiger partial charge < -0.3 is 15.2 Å². The summed E-state index contributed by atoms with van der Waals surface area (Å²) < 4.78 is 30.6. The number of hydrogen-bond donors (Lipinski definition) is 2. The van der Waals surface area contributed by atoms with Gasteiger partial charge in [-0.3, -0.25) is 4.99 Å². The zero-order chi connectivity index (χ0) is 15.1. The summed E-state index contributed by atoms with van der Waals surface area (Å²) in [5, 5.41) is 3.57. The Morgan fingerprint density at radius 2 is 2.29 bits per heavy atom. The molecule has 1 aliphatic heterocycles. The molecule has 0 saturated carbocycles. The van der Waals surface area contributed by atoms with Gasteiger partial charge in [-0.1, -0.05) is 5.16 Å². The lowest BCUT2D eigenvalue weighted by molar-refractivity contribution is 0.413. The minimum absolute atomic E-state index is 0.202. The van der Waals surface area contributed by atoms with E-state index >= 15 is 0 Å². The third kappa shape index (κ3) is 5.56. The molecule has 0 bridgehead atoms. The van der Waals surface area contributed by atoms with Crippen LogP contribution in [0.15, 0.2) is 21.8 Å². The van der Waals surface area contributed by atoms with E-state index < -0.39 is 10.0 Å². The summed E-state index contributed by atoms with van der Waals surface area (Å²) in [4.78, 5) is 6.21. The molecule has 2 heterocycles. The Morgan fingerprint density at radius 1 is 1.52 bits per heavy atom. The highest BCUT2D eigenvalue weighted by Gasteiger charge is 2.14. The Morgan fingerprint density at radius 3 is 2.95 bits per heavy atom. The largest absolute Gasteiger partial charge is 0.370 e. The first-order valence-electron chi connectivity index (χ1n) is 6.56. The predicted octanol–water partition coefficient (Wildman–Crippen LogP) is -0.542. The molecule has 2 rings (SSSR count). The lowest BCUT2D eigenvalue weighted by Crippen LogP contribution is -2.43. The Bertz CT molecular complexity index is 552. The third-order valence-electron chi connectivity index (χ3n) is 2.87. The third-order valence-corrected chi connectivity index (χ3v) is 5.13. The van der Waals surface area contributed by atoms with Crippen LogP contribution in [0.5, 0.6) is 0 Å². The summed E-state index contributed by atoms with van der Waals surface area (Å²) >= 11 is 1.89. The second-order valence-corrected chi connectivity index (χ2v) is 7.52. The van der Waals surface area contributed by atoms with Crippen molar-refractivity contribution in [1.82, 2.24) is 14.8 Å². The van der Waals surface area contributed by atoms with Crippen LogP contribution in [0.25, 0.3) is 0 Å². The van der Waals surface area contributed by atoms with Gasteiger partial charge in [0.05, 0.1) is 12.2 Å². The smallest absolute Gasteiger partial charge is 0.217 e. The molecule has 0 unspecified atom stereocenters. The van der Waals surface area contributed by atoms with E-state index in [1.165, 1.54) is 12.3 Å². The molecule has 0 radical (unpaired) electrons. The average Bonchev–Trinajstić information content (AvgIpc) is 2.96. The minimum Gasteiger partial charge on any atom is -0.370 e. The predicted molar refractivity (Wildman–Crippen MR) is 82.5 cm³/mol. The van der Waals surface area contributed by atoms with Gasteiger partial charge in [0.1, 0.15) is 12.0 Å². The second-order valence-electron chi connectivity index (χ2n) is 4.48. The Labute approximate surface area is 128 Å². The zero-order valence-electron chi connectivity index (χ0n) is 11.6. The summed E-state index contributed by atoms with van der Waals surface area (Å²) in [5.74, 6) is 2.36. The fraction of sp³-hybridized carbons (Fsp3) is 0.636. The summed E-state index contributed by atoms with van der Waals surface area (Å²) in [7, 11) is -3.43. The maximum atomic E-state index is 11.8. The second kappa shape index (κ2) is 7.66. The highest BCUT2D eigenvalue weighted by molar-refractivity contribution is 7.99.